The van der Waals surface area contributed by atoms with Gasteiger partial charge in [0.05, 0.1) is 11.0 Å². The lowest BCUT2D eigenvalue weighted by Gasteiger charge is -2.09. The van der Waals surface area contributed by atoms with Gasteiger partial charge in [0.2, 0.25) is 0 Å². The Morgan fingerprint density at radius 2 is 2.08 bits per heavy atom. The highest BCUT2D eigenvalue weighted by atomic mass is 16.4. The monoisotopic (exact) mass is 319 g/mol. The molecule has 24 heavy (non-hydrogen) atoms. The zero-order valence-electron chi connectivity index (χ0n) is 12.7. The maximum Gasteiger partial charge on any atom is 0.352 e. The summed E-state index contributed by atoms with van der Waals surface area (Å²) in [5, 5.41) is 14.0. The van der Waals surface area contributed by atoms with Gasteiger partial charge in [0.15, 0.2) is 0 Å². The van der Waals surface area contributed by atoms with Crippen LogP contribution in [0.3, 0.4) is 0 Å². The average Bonchev–Trinajstić information content (AvgIpc) is 3.01. The molecule has 3 N–H and O–H groups in total. The number of carbonyl (C=O) groups is 1. The summed E-state index contributed by atoms with van der Waals surface area (Å²) in [7, 11) is 0. The lowest BCUT2D eigenvalue weighted by molar-refractivity contribution is 0.0691. The first kappa shape index (κ1) is 14.1. The Hall–Kier alpha value is -3.48. The molecular formula is C17H13N5O2. The molecule has 0 unspecified atom stereocenters. The molecule has 0 atom stereocenters. The minimum absolute atomic E-state index is 0.108. The predicted octanol–water partition coefficient (Wildman–Crippen LogP) is 3.26. The van der Waals surface area contributed by atoms with Crippen molar-refractivity contribution in [3.05, 3.63) is 54.2 Å². The number of aromatic carboxylic acids is 1. The summed E-state index contributed by atoms with van der Waals surface area (Å²) in [6.45, 7) is 1.90. The van der Waals surface area contributed by atoms with Crippen LogP contribution in [0.15, 0.2) is 42.9 Å². The van der Waals surface area contributed by atoms with Crippen LogP contribution in [0, 0.1) is 6.92 Å². The molecule has 0 aliphatic rings. The van der Waals surface area contributed by atoms with Gasteiger partial charge in [0.1, 0.15) is 11.5 Å². The summed E-state index contributed by atoms with van der Waals surface area (Å²) >= 11 is 0. The van der Waals surface area contributed by atoms with Gasteiger partial charge in [-0.1, -0.05) is 0 Å². The van der Waals surface area contributed by atoms with Gasteiger partial charge in [-0.15, -0.1) is 0 Å². The molecule has 0 saturated carbocycles. The molecule has 4 aromatic heterocycles. The molecule has 118 valence electrons. The molecular weight excluding hydrogens is 306 g/mol. The van der Waals surface area contributed by atoms with Gasteiger partial charge < -0.3 is 15.4 Å². The third-order valence-electron chi connectivity index (χ3n) is 3.76. The van der Waals surface area contributed by atoms with Crippen molar-refractivity contribution < 1.29 is 9.90 Å². The molecule has 0 aliphatic carbocycles. The topological polar surface area (TPSA) is 104 Å². The second-order valence-corrected chi connectivity index (χ2v) is 5.44. The van der Waals surface area contributed by atoms with Crippen LogP contribution in [0.1, 0.15) is 16.2 Å². The van der Waals surface area contributed by atoms with E-state index in [0.717, 1.165) is 22.3 Å². The van der Waals surface area contributed by atoms with Gasteiger partial charge >= 0.3 is 5.97 Å². The largest absolute Gasteiger partial charge is 0.477 e. The Morgan fingerprint density at radius 1 is 1.21 bits per heavy atom. The highest BCUT2D eigenvalue weighted by Gasteiger charge is 2.15. The van der Waals surface area contributed by atoms with E-state index in [-0.39, 0.29) is 5.69 Å². The van der Waals surface area contributed by atoms with Crippen LogP contribution in [-0.2, 0) is 0 Å². The zero-order chi connectivity index (χ0) is 16.7. The number of H-pyrrole nitrogens is 1. The fourth-order valence-corrected chi connectivity index (χ4v) is 2.68. The number of nitrogens with zero attached hydrogens (tertiary/aromatic N) is 3. The van der Waals surface area contributed by atoms with Crippen LogP contribution < -0.4 is 5.32 Å². The normalized spacial score (nSPS) is 11.0. The first-order valence-electron chi connectivity index (χ1n) is 7.31. The first-order valence-corrected chi connectivity index (χ1v) is 7.31. The number of aromatic amines is 1. The van der Waals surface area contributed by atoms with Crippen LogP contribution >= 0.6 is 0 Å². The minimum Gasteiger partial charge on any atom is -0.477 e. The molecule has 4 aromatic rings. The minimum atomic E-state index is -1.02. The van der Waals surface area contributed by atoms with Gasteiger partial charge in [0.25, 0.3) is 0 Å². The summed E-state index contributed by atoms with van der Waals surface area (Å²) < 4.78 is 0. The van der Waals surface area contributed by atoms with Crippen LogP contribution in [0.2, 0.25) is 0 Å². The Morgan fingerprint density at radius 3 is 2.88 bits per heavy atom. The number of pyridine rings is 3. The van der Waals surface area contributed by atoms with Crippen molar-refractivity contribution in [1.29, 1.82) is 0 Å². The molecule has 4 rings (SSSR count). The van der Waals surface area contributed by atoms with Crippen LogP contribution in [-0.4, -0.2) is 31.0 Å². The quantitative estimate of drug-likeness (QED) is 0.535. The SMILES string of the molecule is Cc1cc(Nc2nc3ccncc3c3[nH]c(C(=O)O)cc23)ccn1. The fraction of sp³-hybridized carbons (Fsp3) is 0.0588. The van der Waals surface area contributed by atoms with E-state index in [4.69, 9.17) is 0 Å². The molecule has 0 aliphatic heterocycles. The number of hydrogen-bond donors (Lipinski definition) is 3. The summed E-state index contributed by atoms with van der Waals surface area (Å²) in [6, 6.07) is 7.10. The highest BCUT2D eigenvalue weighted by molar-refractivity contribution is 6.10. The van der Waals surface area contributed by atoms with Gasteiger partial charge in [-0.2, -0.15) is 0 Å². The Bertz CT molecular complexity index is 1090. The molecule has 0 bridgehead atoms. The number of nitrogens with one attached hydrogen (secondary N) is 2. The third kappa shape index (κ3) is 2.32. The van der Waals surface area contributed by atoms with Gasteiger partial charge in [-0.25, -0.2) is 9.78 Å². The molecule has 7 heteroatoms. The number of anilines is 2. The molecule has 0 spiro atoms. The van der Waals surface area contributed by atoms with E-state index in [1.165, 1.54) is 0 Å². The Balaban J connectivity index is 1.96. The van der Waals surface area contributed by atoms with Crippen molar-refractivity contribution in [2.45, 2.75) is 6.92 Å². The van der Waals surface area contributed by atoms with E-state index in [1.54, 1.807) is 30.7 Å². The smallest absolute Gasteiger partial charge is 0.352 e. The lowest BCUT2D eigenvalue weighted by Crippen LogP contribution is -1.96. The molecule has 4 heterocycles. The lowest BCUT2D eigenvalue weighted by atomic mass is 10.2. The Kier molecular flexibility index (Phi) is 3.13. The molecule has 0 radical (unpaired) electrons. The second-order valence-electron chi connectivity index (χ2n) is 5.44. The number of carboxylic acids is 1. The van der Waals surface area contributed by atoms with E-state index >= 15 is 0 Å². The van der Waals surface area contributed by atoms with Crippen LogP contribution in [0.5, 0.6) is 0 Å². The summed E-state index contributed by atoms with van der Waals surface area (Å²) in [5.41, 5.74) is 3.24. The van der Waals surface area contributed by atoms with Gasteiger partial charge in [-0.05, 0) is 31.2 Å². The maximum atomic E-state index is 11.3. The van der Waals surface area contributed by atoms with E-state index in [2.05, 4.69) is 25.3 Å². The van der Waals surface area contributed by atoms with Gasteiger partial charge in [0, 0.05) is 40.7 Å². The number of hydrogen-bond acceptors (Lipinski definition) is 5. The number of aryl methyl sites for hydroxylation is 1. The molecule has 0 aromatic carbocycles. The number of aromatic nitrogens is 4. The molecule has 0 saturated heterocycles. The fourth-order valence-electron chi connectivity index (χ4n) is 2.68. The van der Waals surface area contributed by atoms with Crippen molar-refractivity contribution in [1.82, 2.24) is 19.9 Å². The first-order chi connectivity index (χ1) is 11.6. The number of rotatable bonds is 3. The van der Waals surface area contributed by atoms with Crippen molar-refractivity contribution in [2.24, 2.45) is 0 Å². The summed E-state index contributed by atoms with van der Waals surface area (Å²) in [4.78, 5) is 27.2. The third-order valence-corrected chi connectivity index (χ3v) is 3.76. The van der Waals surface area contributed by atoms with E-state index in [1.807, 2.05) is 19.1 Å². The maximum absolute atomic E-state index is 11.3. The van der Waals surface area contributed by atoms with Gasteiger partial charge in [-0.3, -0.25) is 9.97 Å². The van der Waals surface area contributed by atoms with Crippen LogP contribution in [0.4, 0.5) is 11.5 Å². The van der Waals surface area contributed by atoms with Crippen molar-refractivity contribution >= 4 is 39.3 Å². The van der Waals surface area contributed by atoms with E-state index < -0.39 is 5.97 Å². The average molecular weight is 319 g/mol. The molecule has 0 fully saturated rings. The summed E-state index contributed by atoms with van der Waals surface area (Å²) in [5.74, 6) is -0.438. The predicted molar refractivity (Wildman–Crippen MR) is 90.6 cm³/mol. The standard InChI is InChI=1S/C17H13N5O2/c1-9-6-10(2-5-19-9)20-16-11-7-14(17(23)24)21-15(11)12-8-18-4-3-13(12)22-16/h2-8,21H,1H3,(H,23,24)(H,19,20,22). The number of fused-ring (bicyclic) bond motifs is 3. The second kappa shape index (κ2) is 5.31. The van der Waals surface area contributed by atoms with Crippen molar-refractivity contribution in [3.63, 3.8) is 0 Å². The van der Waals surface area contributed by atoms with E-state index in [0.29, 0.717) is 16.7 Å². The van der Waals surface area contributed by atoms with Crippen molar-refractivity contribution in [3.8, 4) is 0 Å². The Labute approximate surface area is 136 Å². The number of carboxylic acid groups (broad SMARTS) is 1. The molecule has 7 nitrogen and oxygen atoms in total. The highest BCUT2D eigenvalue weighted by Crippen LogP contribution is 2.31. The molecule has 0 amide bonds. The van der Waals surface area contributed by atoms with Crippen molar-refractivity contribution in [2.75, 3.05) is 5.32 Å². The summed E-state index contributed by atoms with van der Waals surface area (Å²) in [6.07, 6.45) is 5.04. The zero-order valence-corrected chi connectivity index (χ0v) is 12.7. The van der Waals surface area contributed by atoms with Crippen LogP contribution in [0.25, 0.3) is 21.8 Å². The van der Waals surface area contributed by atoms with E-state index in [9.17, 15) is 9.90 Å².